The van der Waals surface area contributed by atoms with Crippen molar-refractivity contribution in [3.05, 3.63) is 69.7 Å². The summed E-state index contributed by atoms with van der Waals surface area (Å²) in [6.07, 6.45) is 0.982. The molecule has 1 nitrogen and oxygen atoms in total. The molecule has 2 atom stereocenters. The molecule has 2 aromatic rings. The van der Waals surface area contributed by atoms with E-state index >= 15 is 0 Å². The fourth-order valence-electron chi connectivity index (χ4n) is 2.86. The zero-order valence-electron chi connectivity index (χ0n) is 13.3. The van der Waals surface area contributed by atoms with Gasteiger partial charge in [-0.1, -0.05) is 53.1 Å². The monoisotopic (exact) mass is 301 g/mol. The van der Waals surface area contributed by atoms with Crippen molar-refractivity contribution in [3.8, 4) is 0 Å². The second kappa shape index (κ2) is 7.11. The molecule has 0 bridgehead atoms. The van der Waals surface area contributed by atoms with E-state index in [2.05, 4.69) is 57.3 Å². The van der Waals surface area contributed by atoms with Crippen molar-refractivity contribution in [2.75, 3.05) is 0 Å². The van der Waals surface area contributed by atoms with Gasteiger partial charge in [0.2, 0.25) is 0 Å². The molecule has 0 amide bonds. The molecule has 0 aliphatic carbocycles. The van der Waals surface area contributed by atoms with Gasteiger partial charge in [-0.2, -0.15) is 0 Å². The normalized spacial score (nSPS) is 14.0. The molecule has 0 aromatic heterocycles. The molecule has 0 saturated heterocycles. The standard InChI is InChI=1S/C19H24ClN/c1-13-8-14(2)10-18(9-13)16(4)21-15(3)11-17-6-5-7-19(20)12-17/h5-10,12,15-16,21H,11H2,1-4H3. The summed E-state index contributed by atoms with van der Waals surface area (Å²) in [6, 6.07) is 15.6. The lowest BCUT2D eigenvalue weighted by atomic mass is 10.0. The molecular weight excluding hydrogens is 278 g/mol. The van der Waals surface area contributed by atoms with Crippen LogP contribution in [0.1, 0.15) is 42.1 Å². The molecule has 112 valence electrons. The van der Waals surface area contributed by atoms with Crippen LogP contribution in [0.5, 0.6) is 0 Å². The average molecular weight is 302 g/mol. The minimum atomic E-state index is 0.345. The summed E-state index contributed by atoms with van der Waals surface area (Å²) in [4.78, 5) is 0. The van der Waals surface area contributed by atoms with Crippen LogP contribution in [0.25, 0.3) is 0 Å². The fourth-order valence-corrected chi connectivity index (χ4v) is 3.07. The molecule has 2 heteroatoms. The van der Waals surface area contributed by atoms with Gasteiger partial charge in [-0.25, -0.2) is 0 Å². The number of hydrogen-bond acceptors (Lipinski definition) is 1. The highest BCUT2D eigenvalue weighted by atomic mass is 35.5. The molecule has 1 N–H and O–H groups in total. The van der Waals surface area contributed by atoms with Gasteiger partial charge < -0.3 is 5.32 Å². The highest BCUT2D eigenvalue weighted by molar-refractivity contribution is 6.30. The van der Waals surface area contributed by atoms with Gasteiger partial charge >= 0.3 is 0 Å². The highest BCUT2D eigenvalue weighted by Crippen LogP contribution is 2.18. The largest absolute Gasteiger partial charge is 0.307 e. The predicted octanol–water partition coefficient (Wildman–Crippen LogP) is 5.24. The van der Waals surface area contributed by atoms with Crippen LogP contribution in [-0.4, -0.2) is 6.04 Å². The smallest absolute Gasteiger partial charge is 0.0408 e. The molecule has 0 aliphatic heterocycles. The van der Waals surface area contributed by atoms with Gasteiger partial charge in [0.05, 0.1) is 0 Å². The van der Waals surface area contributed by atoms with Crippen LogP contribution in [0.2, 0.25) is 5.02 Å². The lowest BCUT2D eigenvalue weighted by molar-refractivity contribution is 0.477. The molecule has 0 saturated carbocycles. The maximum Gasteiger partial charge on any atom is 0.0408 e. The minimum absolute atomic E-state index is 0.345. The zero-order valence-corrected chi connectivity index (χ0v) is 14.0. The van der Waals surface area contributed by atoms with E-state index in [0.29, 0.717) is 12.1 Å². The fraction of sp³-hybridized carbons (Fsp3) is 0.368. The quantitative estimate of drug-likeness (QED) is 0.796. The number of hydrogen-bond donors (Lipinski definition) is 1. The van der Waals surface area contributed by atoms with Crippen molar-refractivity contribution in [1.29, 1.82) is 0 Å². The number of halogens is 1. The number of rotatable bonds is 5. The predicted molar refractivity (Wildman–Crippen MR) is 92.1 cm³/mol. The maximum atomic E-state index is 6.04. The van der Waals surface area contributed by atoms with E-state index in [9.17, 15) is 0 Å². The van der Waals surface area contributed by atoms with Crippen molar-refractivity contribution in [3.63, 3.8) is 0 Å². The number of nitrogens with one attached hydrogen (secondary N) is 1. The van der Waals surface area contributed by atoms with Crippen LogP contribution < -0.4 is 5.32 Å². The Hall–Kier alpha value is -1.31. The van der Waals surface area contributed by atoms with Crippen LogP contribution >= 0.6 is 11.6 Å². The van der Waals surface area contributed by atoms with Gasteiger partial charge in [-0.15, -0.1) is 0 Å². The molecule has 21 heavy (non-hydrogen) atoms. The number of aryl methyl sites for hydroxylation is 2. The Bertz CT molecular complexity index is 586. The Labute approximate surface area is 133 Å². The second-order valence-corrected chi connectivity index (χ2v) is 6.48. The average Bonchev–Trinajstić information content (AvgIpc) is 2.37. The Balaban J connectivity index is 2.00. The third-order valence-electron chi connectivity index (χ3n) is 3.71. The Morgan fingerprint density at radius 3 is 2.29 bits per heavy atom. The van der Waals surface area contributed by atoms with E-state index in [1.54, 1.807) is 0 Å². The number of benzene rings is 2. The summed E-state index contributed by atoms with van der Waals surface area (Å²) < 4.78 is 0. The van der Waals surface area contributed by atoms with E-state index < -0.39 is 0 Å². The molecule has 2 aromatic carbocycles. The topological polar surface area (TPSA) is 12.0 Å². The Morgan fingerprint density at radius 2 is 1.67 bits per heavy atom. The van der Waals surface area contributed by atoms with Gasteiger partial charge in [0, 0.05) is 17.1 Å². The molecule has 2 unspecified atom stereocenters. The van der Waals surface area contributed by atoms with Crippen LogP contribution in [-0.2, 0) is 6.42 Å². The van der Waals surface area contributed by atoms with Crippen molar-refractivity contribution >= 4 is 11.6 Å². The van der Waals surface area contributed by atoms with Gasteiger partial charge in [-0.3, -0.25) is 0 Å². The van der Waals surface area contributed by atoms with E-state index in [4.69, 9.17) is 11.6 Å². The van der Waals surface area contributed by atoms with E-state index in [-0.39, 0.29) is 0 Å². The van der Waals surface area contributed by atoms with E-state index in [0.717, 1.165) is 11.4 Å². The van der Waals surface area contributed by atoms with Gasteiger partial charge in [-0.05, 0) is 57.4 Å². The Morgan fingerprint density at radius 1 is 1.00 bits per heavy atom. The van der Waals surface area contributed by atoms with Crippen LogP contribution in [0, 0.1) is 13.8 Å². The summed E-state index contributed by atoms with van der Waals surface area (Å²) in [7, 11) is 0. The van der Waals surface area contributed by atoms with Crippen LogP contribution in [0.15, 0.2) is 42.5 Å². The maximum absolute atomic E-state index is 6.04. The molecule has 0 heterocycles. The highest BCUT2D eigenvalue weighted by Gasteiger charge is 2.11. The van der Waals surface area contributed by atoms with Gasteiger partial charge in [0.15, 0.2) is 0 Å². The minimum Gasteiger partial charge on any atom is -0.307 e. The summed E-state index contributed by atoms with van der Waals surface area (Å²) in [5.41, 5.74) is 5.27. The van der Waals surface area contributed by atoms with Crippen LogP contribution in [0.4, 0.5) is 0 Å². The first-order valence-electron chi connectivity index (χ1n) is 7.52. The molecule has 0 radical (unpaired) electrons. The second-order valence-electron chi connectivity index (χ2n) is 6.04. The van der Waals surface area contributed by atoms with Crippen molar-refractivity contribution in [1.82, 2.24) is 5.32 Å². The molecular formula is C19H24ClN. The first kappa shape index (κ1) is 16.1. The molecule has 0 aliphatic rings. The van der Waals surface area contributed by atoms with Crippen molar-refractivity contribution in [2.24, 2.45) is 0 Å². The van der Waals surface area contributed by atoms with Gasteiger partial charge in [0.1, 0.15) is 0 Å². The van der Waals surface area contributed by atoms with Crippen molar-refractivity contribution < 1.29 is 0 Å². The molecule has 0 fully saturated rings. The summed E-state index contributed by atoms with van der Waals surface area (Å²) >= 11 is 6.04. The van der Waals surface area contributed by atoms with E-state index in [1.807, 2.05) is 18.2 Å². The summed E-state index contributed by atoms with van der Waals surface area (Å²) in [5.74, 6) is 0. The van der Waals surface area contributed by atoms with Crippen LogP contribution in [0.3, 0.4) is 0 Å². The molecule has 0 spiro atoms. The first-order chi connectivity index (χ1) is 9.94. The first-order valence-corrected chi connectivity index (χ1v) is 7.90. The molecule has 2 rings (SSSR count). The van der Waals surface area contributed by atoms with E-state index in [1.165, 1.54) is 22.3 Å². The lowest BCUT2D eigenvalue weighted by Gasteiger charge is -2.21. The van der Waals surface area contributed by atoms with Gasteiger partial charge in [0.25, 0.3) is 0 Å². The zero-order chi connectivity index (χ0) is 15.4. The summed E-state index contributed by atoms with van der Waals surface area (Å²) in [5, 5.41) is 4.48. The van der Waals surface area contributed by atoms with Crippen molar-refractivity contribution in [2.45, 2.75) is 46.2 Å². The Kier molecular flexibility index (Phi) is 5.44. The third-order valence-corrected chi connectivity index (χ3v) is 3.94. The summed E-state index contributed by atoms with van der Waals surface area (Å²) in [6.45, 7) is 8.75. The SMILES string of the molecule is Cc1cc(C)cc(C(C)NC(C)Cc2cccc(Cl)c2)c1. The third kappa shape index (κ3) is 4.87. The lowest BCUT2D eigenvalue weighted by Crippen LogP contribution is -2.30.